The highest BCUT2D eigenvalue weighted by molar-refractivity contribution is 7.92. The number of rotatable bonds is 5. The van der Waals surface area contributed by atoms with Crippen LogP contribution in [-0.2, 0) is 27.4 Å². The highest BCUT2D eigenvalue weighted by atomic mass is 35.5. The number of aromatic nitrogens is 1. The van der Waals surface area contributed by atoms with E-state index in [1.807, 2.05) is 6.92 Å². The second-order valence-corrected chi connectivity index (χ2v) is 8.66. The second kappa shape index (κ2) is 7.72. The van der Waals surface area contributed by atoms with Gasteiger partial charge in [0.2, 0.25) is 5.91 Å². The fraction of sp³-hybridized carbons (Fsp3) is 0.211. The molecule has 154 valence electrons. The summed E-state index contributed by atoms with van der Waals surface area (Å²) in [5.41, 5.74) is -0.612. The van der Waals surface area contributed by atoms with Gasteiger partial charge in [-0.25, -0.2) is 8.42 Å². The fourth-order valence-corrected chi connectivity index (χ4v) is 4.49. The number of para-hydroxylation sites is 1. The smallest absolute Gasteiger partial charge is 0.346 e. The van der Waals surface area contributed by atoms with E-state index in [4.69, 9.17) is 11.6 Å². The molecule has 0 saturated heterocycles. The average molecular weight is 445 g/mol. The summed E-state index contributed by atoms with van der Waals surface area (Å²) in [5, 5.41) is 2.50. The number of carbonyl (C=O) groups is 1. The molecule has 3 aromatic rings. The van der Waals surface area contributed by atoms with Crippen LogP contribution in [-0.4, -0.2) is 24.6 Å². The minimum Gasteiger partial charge on any atom is -0.346 e. The highest BCUT2D eigenvalue weighted by Crippen LogP contribution is 2.34. The zero-order valence-corrected chi connectivity index (χ0v) is 16.7. The van der Waals surface area contributed by atoms with Gasteiger partial charge in [0.1, 0.15) is 5.75 Å². The Hall–Kier alpha value is -2.52. The van der Waals surface area contributed by atoms with Crippen LogP contribution in [0.3, 0.4) is 0 Å². The summed E-state index contributed by atoms with van der Waals surface area (Å²) in [7, 11) is -4.05. The highest BCUT2D eigenvalue weighted by Gasteiger charge is 2.31. The summed E-state index contributed by atoms with van der Waals surface area (Å²) >= 11 is 5.84. The molecule has 0 aliphatic carbocycles. The van der Waals surface area contributed by atoms with Crippen LogP contribution in [0.2, 0.25) is 5.02 Å². The van der Waals surface area contributed by atoms with E-state index >= 15 is 0 Å². The molecule has 0 bridgehead atoms. The van der Waals surface area contributed by atoms with Crippen molar-refractivity contribution in [1.29, 1.82) is 0 Å². The number of anilines is 1. The summed E-state index contributed by atoms with van der Waals surface area (Å²) in [6, 6.07) is 9.28. The van der Waals surface area contributed by atoms with Gasteiger partial charge in [-0.15, -0.1) is 0 Å². The van der Waals surface area contributed by atoms with Gasteiger partial charge in [0.05, 0.1) is 21.2 Å². The number of alkyl halides is 3. The number of aryl methyl sites for hydroxylation is 1. The van der Waals surface area contributed by atoms with Crippen molar-refractivity contribution >= 4 is 43.9 Å². The van der Waals surface area contributed by atoms with Crippen molar-refractivity contribution in [2.45, 2.75) is 24.5 Å². The van der Waals surface area contributed by atoms with Crippen LogP contribution in [0, 0.1) is 0 Å². The maximum Gasteiger partial charge on any atom is 0.416 e. The summed E-state index contributed by atoms with van der Waals surface area (Å²) in [6.07, 6.45) is -3.18. The lowest BCUT2D eigenvalue weighted by Crippen LogP contribution is -2.23. The third-order valence-electron chi connectivity index (χ3n) is 4.32. The topological polar surface area (TPSA) is 68.2 Å². The molecule has 1 aromatic heterocycles. The molecular formula is C19H16ClF3N2O3S. The van der Waals surface area contributed by atoms with Gasteiger partial charge in [0.25, 0.3) is 0 Å². The number of nitrogens with one attached hydrogen (secondary N) is 1. The van der Waals surface area contributed by atoms with Gasteiger partial charge in [-0.2, -0.15) is 13.2 Å². The summed E-state index contributed by atoms with van der Waals surface area (Å²) in [5.74, 6) is -1.92. The van der Waals surface area contributed by atoms with Crippen molar-refractivity contribution in [1.82, 2.24) is 4.57 Å². The van der Waals surface area contributed by atoms with Crippen LogP contribution in [0.25, 0.3) is 10.9 Å². The standard InChI is InChI=1S/C19H16ClF3N2O3S/c1-2-25-10-17(13-5-3-4-6-16(13)25)29(27,28)11-18(26)24-15-9-12(19(21,22)23)7-8-14(15)20/h3-10H,2,11H2,1H3,(H,24,26). The van der Waals surface area contributed by atoms with Gasteiger partial charge in [-0.05, 0) is 31.2 Å². The van der Waals surface area contributed by atoms with Crippen molar-refractivity contribution in [2.75, 3.05) is 11.1 Å². The van der Waals surface area contributed by atoms with Gasteiger partial charge in [-0.1, -0.05) is 29.8 Å². The molecule has 0 unspecified atom stereocenters. The number of halogens is 4. The molecule has 2 aromatic carbocycles. The summed E-state index contributed by atoms with van der Waals surface area (Å²) < 4.78 is 65.9. The van der Waals surface area contributed by atoms with Gasteiger partial charge in [0, 0.05) is 23.6 Å². The first-order valence-corrected chi connectivity index (χ1v) is 10.5. The van der Waals surface area contributed by atoms with E-state index in [0.29, 0.717) is 23.5 Å². The van der Waals surface area contributed by atoms with E-state index in [-0.39, 0.29) is 15.6 Å². The molecule has 0 aliphatic heterocycles. The first-order chi connectivity index (χ1) is 13.5. The zero-order valence-electron chi connectivity index (χ0n) is 15.1. The quantitative estimate of drug-likeness (QED) is 0.617. The first-order valence-electron chi connectivity index (χ1n) is 8.50. The molecule has 3 rings (SSSR count). The van der Waals surface area contributed by atoms with Crippen molar-refractivity contribution in [3.63, 3.8) is 0 Å². The Bertz CT molecular complexity index is 1190. The van der Waals surface area contributed by atoms with Crippen molar-refractivity contribution in [2.24, 2.45) is 0 Å². The third-order valence-corrected chi connectivity index (χ3v) is 6.28. The van der Waals surface area contributed by atoms with Crippen LogP contribution in [0.4, 0.5) is 18.9 Å². The minimum atomic E-state index is -4.63. The van der Waals surface area contributed by atoms with E-state index < -0.39 is 33.2 Å². The van der Waals surface area contributed by atoms with E-state index in [2.05, 4.69) is 5.32 Å². The zero-order chi connectivity index (χ0) is 21.4. The molecule has 1 N–H and O–H groups in total. The number of fused-ring (bicyclic) bond motifs is 1. The maximum atomic E-state index is 12.9. The van der Waals surface area contributed by atoms with Crippen molar-refractivity contribution in [3.05, 3.63) is 59.2 Å². The van der Waals surface area contributed by atoms with Gasteiger partial charge in [0.15, 0.2) is 9.84 Å². The molecule has 29 heavy (non-hydrogen) atoms. The summed E-state index contributed by atoms with van der Waals surface area (Å²) in [4.78, 5) is 12.3. The third kappa shape index (κ3) is 4.40. The Morgan fingerprint density at radius 2 is 1.86 bits per heavy atom. The van der Waals surface area contributed by atoms with E-state index in [9.17, 15) is 26.4 Å². The predicted molar refractivity (Wildman–Crippen MR) is 105 cm³/mol. The van der Waals surface area contributed by atoms with Crippen LogP contribution in [0.15, 0.2) is 53.6 Å². The number of amides is 1. The molecule has 5 nitrogen and oxygen atoms in total. The van der Waals surface area contributed by atoms with Gasteiger partial charge < -0.3 is 9.88 Å². The maximum absolute atomic E-state index is 12.9. The molecule has 10 heteroatoms. The normalized spacial score (nSPS) is 12.3. The first kappa shape index (κ1) is 21.2. The Morgan fingerprint density at radius 3 is 2.52 bits per heavy atom. The average Bonchev–Trinajstić information content (AvgIpc) is 3.02. The van der Waals surface area contributed by atoms with E-state index in [0.717, 1.165) is 12.1 Å². The van der Waals surface area contributed by atoms with Gasteiger partial charge in [-0.3, -0.25) is 4.79 Å². The number of carbonyl (C=O) groups excluding carboxylic acids is 1. The molecule has 0 fully saturated rings. The van der Waals surface area contributed by atoms with E-state index in [1.165, 1.54) is 6.20 Å². The molecule has 1 amide bonds. The lowest BCUT2D eigenvalue weighted by molar-refractivity contribution is -0.137. The molecule has 0 atom stereocenters. The molecule has 0 saturated carbocycles. The molecular weight excluding hydrogens is 429 g/mol. The number of nitrogens with zero attached hydrogens (tertiary/aromatic N) is 1. The van der Waals surface area contributed by atoms with Gasteiger partial charge >= 0.3 is 6.18 Å². The van der Waals surface area contributed by atoms with Crippen molar-refractivity contribution < 1.29 is 26.4 Å². The van der Waals surface area contributed by atoms with Crippen LogP contribution < -0.4 is 5.32 Å². The monoisotopic (exact) mass is 444 g/mol. The number of benzene rings is 2. The minimum absolute atomic E-state index is 0.0137. The van der Waals surface area contributed by atoms with Crippen molar-refractivity contribution in [3.8, 4) is 0 Å². The predicted octanol–water partition coefficient (Wildman–Crippen LogP) is 4.75. The number of hydrogen-bond donors (Lipinski definition) is 1. The molecule has 0 aliphatic rings. The Morgan fingerprint density at radius 1 is 1.17 bits per heavy atom. The van der Waals surface area contributed by atoms with E-state index in [1.54, 1.807) is 28.8 Å². The fourth-order valence-electron chi connectivity index (χ4n) is 2.96. The Balaban J connectivity index is 1.88. The Labute approximate surface area is 170 Å². The summed E-state index contributed by atoms with van der Waals surface area (Å²) in [6.45, 7) is 2.38. The number of sulfone groups is 1. The lowest BCUT2D eigenvalue weighted by Gasteiger charge is -2.11. The van der Waals surface area contributed by atoms with Crippen LogP contribution in [0.5, 0.6) is 0 Å². The van der Waals surface area contributed by atoms with Crippen LogP contribution in [0.1, 0.15) is 12.5 Å². The molecule has 0 spiro atoms. The largest absolute Gasteiger partial charge is 0.416 e. The second-order valence-electron chi connectivity index (χ2n) is 6.30. The Kier molecular flexibility index (Phi) is 5.64. The van der Waals surface area contributed by atoms with Crippen LogP contribution >= 0.6 is 11.6 Å². The SMILES string of the molecule is CCn1cc(S(=O)(=O)CC(=O)Nc2cc(C(F)(F)F)ccc2Cl)c2ccccc21. The molecule has 0 radical (unpaired) electrons. The molecule has 1 heterocycles. The lowest BCUT2D eigenvalue weighted by atomic mass is 10.2. The number of hydrogen-bond acceptors (Lipinski definition) is 3.